The lowest BCUT2D eigenvalue weighted by Gasteiger charge is -2.06. The Morgan fingerprint density at radius 1 is 1.11 bits per heavy atom. The fourth-order valence-electron chi connectivity index (χ4n) is 2.69. The van der Waals surface area contributed by atoms with Crippen LogP contribution in [0.4, 0.5) is 5.82 Å². The van der Waals surface area contributed by atoms with Crippen LogP contribution in [0, 0.1) is 0 Å². The van der Waals surface area contributed by atoms with E-state index < -0.39 is 0 Å². The van der Waals surface area contributed by atoms with Crippen LogP contribution >= 0.6 is 0 Å². The molecule has 0 atom stereocenters. The summed E-state index contributed by atoms with van der Waals surface area (Å²) in [6.07, 6.45) is 5.80. The molecule has 4 heterocycles. The van der Waals surface area contributed by atoms with Gasteiger partial charge in [0.05, 0.1) is 12.8 Å². The molecule has 2 N–H and O–H groups in total. The number of rotatable bonds is 8. The van der Waals surface area contributed by atoms with Crippen LogP contribution in [0.15, 0.2) is 59.5 Å². The number of amides is 1. The summed E-state index contributed by atoms with van der Waals surface area (Å²) in [4.78, 5) is 16.1. The van der Waals surface area contributed by atoms with E-state index in [1.807, 2.05) is 36.4 Å². The molecule has 0 spiro atoms. The molecule has 4 aromatic rings. The summed E-state index contributed by atoms with van der Waals surface area (Å²) in [5.41, 5.74) is 1.59. The second-order valence-corrected chi connectivity index (χ2v) is 6.18. The van der Waals surface area contributed by atoms with E-state index in [0.717, 1.165) is 11.3 Å². The molecule has 9 heteroatoms. The number of hydrogen-bond acceptors (Lipinski definition) is 7. The highest BCUT2D eigenvalue weighted by molar-refractivity contribution is 5.76. The summed E-state index contributed by atoms with van der Waals surface area (Å²) in [7, 11) is 0. The number of nitrogens with zero attached hydrogens (tertiary/aromatic N) is 5. The molecule has 9 nitrogen and oxygen atoms in total. The lowest BCUT2D eigenvalue weighted by atomic mass is 10.2. The van der Waals surface area contributed by atoms with Gasteiger partial charge in [-0.2, -0.15) is 4.52 Å². The van der Waals surface area contributed by atoms with Gasteiger partial charge in [-0.3, -0.25) is 9.78 Å². The number of aromatic nitrogens is 5. The van der Waals surface area contributed by atoms with E-state index in [1.165, 1.54) is 0 Å². The summed E-state index contributed by atoms with van der Waals surface area (Å²) in [6.45, 7) is 0.978. The Bertz CT molecular complexity index is 1040. The van der Waals surface area contributed by atoms with Gasteiger partial charge in [0.25, 0.3) is 0 Å². The van der Waals surface area contributed by atoms with Crippen molar-refractivity contribution in [1.29, 1.82) is 0 Å². The van der Waals surface area contributed by atoms with Gasteiger partial charge in [-0.25, -0.2) is 0 Å². The number of aryl methyl sites for hydroxylation is 1. The molecule has 0 saturated heterocycles. The van der Waals surface area contributed by atoms with Gasteiger partial charge < -0.3 is 15.1 Å². The van der Waals surface area contributed by atoms with Crippen LogP contribution in [0.3, 0.4) is 0 Å². The van der Waals surface area contributed by atoms with Crippen LogP contribution in [-0.2, 0) is 24.3 Å². The van der Waals surface area contributed by atoms with E-state index in [2.05, 4.69) is 30.9 Å². The third kappa shape index (κ3) is 4.32. The number of carbonyl (C=O) groups is 1. The van der Waals surface area contributed by atoms with Gasteiger partial charge in [0.15, 0.2) is 11.5 Å². The minimum atomic E-state index is -0.0623. The van der Waals surface area contributed by atoms with E-state index in [9.17, 15) is 4.79 Å². The van der Waals surface area contributed by atoms with E-state index in [4.69, 9.17) is 4.42 Å². The van der Waals surface area contributed by atoms with Crippen molar-refractivity contribution in [2.75, 3.05) is 5.32 Å². The molecular formula is C19H19N7O2. The average molecular weight is 377 g/mol. The van der Waals surface area contributed by atoms with Crippen molar-refractivity contribution in [2.24, 2.45) is 0 Å². The summed E-state index contributed by atoms with van der Waals surface area (Å²) in [5.74, 6) is 2.06. The molecule has 0 saturated carbocycles. The predicted octanol–water partition coefficient (Wildman–Crippen LogP) is 1.97. The van der Waals surface area contributed by atoms with Gasteiger partial charge in [-0.15, -0.1) is 15.3 Å². The van der Waals surface area contributed by atoms with E-state index in [1.54, 1.807) is 23.2 Å². The number of pyridine rings is 1. The summed E-state index contributed by atoms with van der Waals surface area (Å²) in [6, 6.07) is 11.1. The highest BCUT2D eigenvalue weighted by Crippen LogP contribution is 2.10. The third-order valence-electron chi connectivity index (χ3n) is 4.14. The second kappa shape index (κ2) is 8.30. The number of anilines is 1. The van der Waals surface area contributed by atoms with Gasteiger partial charge >= 0.3 is 0 Å². The topological polar surface area (TPSA) is 110 Å². The molecule has 28 heavy (non-hydrogen) atoms. The molecular weight excluding hydrogens is 358 g/mol. The molecule has 0 bridgehead atoms. The largest absolute Gasteiger partial charge is 0.467 e. The standard InChI is InChI=1S/C19H19N7O2/c27-19(22-12-14-3-1-9-20-11-14)8-7-18-24-23-17-6-5-16(25-26(17)18)21-13-15-4-2-10-28-15/h1-6,9-11H,7-8,12-13H2,(H,21,25)(H,22,27). The Labute approximate surface area is 160 Å². The quantitative estimate of drug-likeness (QED) is 0.483. The lowest BCUT2D eigenvalue weighted by Crippen LogP contribution is -2.23. The first kappa shape index (κ1) is 17.7. The first-order chi connectivity index (χ1) is 13.8. The van der Waals surface area contributed by atoms with Gasteiger partial charge in [0.2, 0.25) is 5.91 Å². The van der Waals surface area contributed by atoms with E-state index in [-0.39, 0.29) is 5.91 Å². The van der Waals surface area contributed by atoms with Crippen molar-refractivity contribution < 1.29 is 9.21 Å². The van der Waals surface area contributed by atoms with E-state index >= 15 is 0 Å². The smallest absolute Gasteiger partial charge is 0.220 e. The molecule has 142 valence electrons. The Morgan fingerprint density at radius 2 is 2.07 bits per heavy atom. The third-order valence-corrected chi connectivity index (χ3v) is 4.14. The second-order valence-electron chi connectivity index (χ2n) is 6.18. The Hall–Kier alpha value is -3.75. The number of nitrogens with one attached hydrogen (secondary N) is 2. The average Bonchev–Trinajstić information content (AvgIpc) is 3.39. The maximum Gasteiger partial charge on any atom is 0.220 e. The monoisotopic (exact) mass is 377 g/mol. The van der Waals surface area contributed by atoms with Crippen molar-refractivity contribution >= 4 is 17.4 Å². The fraction of sp³-hybridized carbons (Fsp3) is 0.211. The Morgan fingerprint density at radius 3 is 2.89 bits per heavy atom. The zero-order valence-corrected chi connectivity index (χ0v) is 15.1. The van der Waals surface area contributed by atoms with Crippen molar-refractivity contribution in [1.82, 2.24) is 30.1 Å². The number of hydrogen-bond donors (Lipinski definition) is 2. The highest BCUT2D eigenvalue weighted by Gasteiger charge is 2.10. The van der Waals surface area contributed by atoms with Crippen molar-refractivity contribution in [3.8, 4) is 0 Å². The zero-order valence-electron chi connectivity index (χ0n) is 15.1. The first-order valence-corrected chi connectivity index (χ1v) is 8.91. The lowest BCUT2D eigenvalue weighted by molar-refractivity contribution is -0.121. The molecule has 0 unspecified atom stereocenters. The van der Waals surface area contributed by atoms with Gasteiger partial charge in [0, 0.05) is 31.8 Å². The molecule has 0 aliphatic carbocycles. The summed E-state index contributed by atoms with van der Waals surface area (Å²) >= 11 is 0. The van der Waals surface area contributed by atoms with Crippen molar-refractivity contribution in [3.05, 3.63) is 72.2 Å². The van der Waals surface area contributed by atoms with Crippen molar-refractivity contribution in [3.63, 3.8) is 0 Å². The van der Waals surface area contributed by atoms with Gasteiger partial charge in [0.1, 0.15) is 11.6 Å². The molecule has 0 fully saturated rings. The maximum absolute atomic E-state index is 12.1. The molecule has 1 amide bonds. The van der Waals surface area contributed by atoms with Crippen LogP contribution in [0.2, 0.25) is 0 Å². The van der Waals surface area contributed by atoms with Crippen LogP contribution < -0.4 is 10.6 Å². The molecule has 4 aromatic heterocycles. The maximum atomic E-state index is 12.1. The number of furan rings is 1. The SMILES string of the molecule is O=C(CCc1nnc2ccc(NCc3ccco3)nn12)NCc1cccnc1. The molecule has 0 aliphatic heterocycles. The minimum Gasteiger partial charge on any atom is -0.467 e. The number of fused-ring (bicyclic) bond motifs is 1. The highest BCUT2D eigenvalue weighted by atomic mass is 16.3. The zero-order chi connectivity index (χ0) is 19.2. The minimum absolute atomic E-state index is 0.0623. The van der Waals surface area contributed by atoms with Crippen LogP contribution in [-0.4, -0.2) is 30.7 Å². The Kier molecular flexibility index (Phi) is 5.23. The first-order valence-electron chi connectivity index (χ1n) is 8.91. The van der Waals surface area contributed by atoms with Crippen LogP contribution in [0.1, 0.15) is 23.6 Å². The van der Waals surface area contributed by atoms with Gasteiger partial charge in [-0.05, 0) is 35.9 Å². The fourth-order valence-corrected chi connectivity index (χ4v) is 2.69. The molecule has 0 aliphatic rings. The van der Waals surface area contributed by atoms with Gasteiger partial charge in [-0.1, -0.05) is 6.07 Å². The normalized spacial score (nSPS) is 10.9. The molecule has 4 rings (SSSR count). The predicted molar refractivity (Wildman–Crippen MR) is 101 cm³/mol. The summed E-state index contributed by atoms with van der Waals surface area (Å²) < 4.78 is 6.95. The molecule has 0 aromatic carbocycles. The van der Waals surface area contributed by atoms with E-state index in [0.29, 0.717) is 43.2 Å². The molecule has 0 radical (unpaired) electrons. The Balaban J connectivity index is 1.35. The van der Waals surface area contributed by atoms with Crippen molar-refractivity contribution in [2.45, 2.75) is 25.9 Å². The number of carbonyl (C=O) groups excluding carboxylic acids is 1. The van der Waals surface area contributed by atoms with Crippen LogP contribution in [0.25, 0.3) is 5.65 Å². The summed E-state index contributed by atoms with van der Waals surface area (Å²) in [5, 5.41) is 18.8. The van der Waals surface area contributed by atoms with Crippen LogP contribution in [0.5, 0.6) is 0 Å².